The molecule has 1 unspecified atom stereocenters. The molecule has 0 radical (unpaired) electrons. The van der Waals surface area contributed by atoms with Gasteiger partial charge in [-0.15, -0.1) is 0 Å². The standard InChI is InChI=1S/C23H27Cl4N3O4S/c1-4-20(23(32)28-2)29(14-16-17(25)7-5-8-18(16)26)22(31)9-6-12-30(35(3,33)34)21-13-15(24)10-11-19(21)27/h5,7-8,10-11,13,20H,4,6,9,12,14H2,1-3H3,(H,28,32). The van der Waals surface area contributed by atoms with Crippen molar-refractivity contribution in [2.75, 3.05) is 24.2 Å². The minimum atomic E-state index is -3.71. The van der Waals surface area contributed by atoms with E-state index in [1.165, 1.54) is 24.1 Å². The van der Waals surface area contributed by atoms with Crippen LogP contribution >= 0.6 is 46.4 Å². The number of benzene rings is 2. The number of nitrogens with one attached hydrogen (secondary N) is 1. The van der Waals surface area contributed by atoms with Crippen molar-refractivity contribution in [2.45, 2.75) is 38.8 Å². The van der Waals surface area contributed by atoms with Crippen molar-refractivity contribution in [2.24, 2.45) is 0 Å². The van der Waals surface area contributed by atoms with Crippen LogP contribution in [0.2, 0.25) is 20.1 Å². The molecule has 0 saturated carbocycles. The molecule has 192 valence electrons. The van der Waals surface area contributed by atoms with Crippen molar-refractivity contribution in [1.29, 1.82) is 0 Å². The molecule has 2 amide bonds. The van der Waals surface area contributed by atoms with Gasteiger partial charge in [-0.1, -0.05) is 59.4 Å². The number of sulfonamides is 1. The summed E-state index contributed by atoms with van der Waals surface area (Å²) in [6.07, 6.45) is 1.56. The zero-order valence-corrected chi connectivity index (χ0v) is 23.4. The zero-order valence-electron chi connectivity index (χ0n) is 19.5. The van der Waals surface area contributed by atoms with Gasteiger partial charge in [0.1, 0.15) is 6.04 Å². The third-order valence-corrected chi connectivity index (χ3v) is 7.79. The Labute approximate surface area is 226 Å². The van der Waals surface area contributed by atoms with E-state index in [9.17, 15) is 18.0 Å². The van der Waals surface area contributed by atoms with Crippen molar-refractivity contribution in [1.82, 2.24) is 10.2 Å². The first-order valence-corrected chi connectivity index (χ1v) is 14.1. The van der Waals surface area contributed by atoms with E-state index in [1.807, 2.05) is 0 Å². The van der Waals surface area contributed by atoms with E-state index in [4.69, 9.17) is 46.4 Å². The second kappa shape index (κ2) is 13.0. The molecule has 2 aromatic rings. The molecule has 0 saturated heterocycles. The molecule has 1 atom stereocenters. The maximum atomic E-state index is 13.3. The Balaban J connectivity index is 2.28. The van der Waals surface area contributed by atoms with E-state index >= 15 is 0 Å². The minimum Gasteiger partial charge on any atom is -0.357 e. The molecule has 1 N–H and O–H groups in total. The van der Waals surface area contributed by atoms with Gasteiger partial charge in [0.2, 0.25) is 21.8 Å². The second-order valence-electron chi connectivity index (χ2n) is 7.79. The van der Waals surface area contributed by atoms with E-state index in [1.54, 1.807) is 31.2 Å². The number of nitrogens with zero attached hydrogens (tertiary/aromatic N) is 2. The van der Waals surface area contributed by atoms with E-state index < -0.39 is 16.1 Å². The molecule has 0 aliphatic heterocycles. The lowest BCUT2D eigenvalue weighted by Gasteiger charge is -2.31. The summed E-state index contributed by atoms with van der Waals surface area (Å²) in [6, 6.07) is 8.77. The summed E-state index contributed by atoms with van der Waals surface area (Å²) in [5.41, 5.74) is 0.751. The number of rotatable bonds is 11. The Morgan fingerprint density at radius 3 is 2.20 bits per heavy atom. The molecular weight excluding hydrogens is 556 g/mol. The molecule has 0 bridgehead atoms. The van der Waals surface area contributed by atoms with Gasteiger partial charge in [-0.25, -0.2) is 8.42 Å². The Morgan fingerprint density at radius 1 is 1.03 bits per heavy atom. The number of halogens is 4. The van der Waals surface area contributed by atoms with Gasteiger partial charge >= 0.3 is 0 Å². The lowest BCUT2D eigenvalue weighted by atomic mass is 10.1. The highest BCUT2D eigenvalue weighted by molar-refractivity contribution is 7.92. The zero-order chi connectivity index (χ0) is 26.3. The fraction of sp³-hybridized carbons (Fsp3) is 0.391. The molecular formula is C23H27Cl4N3O4S. The fourth-order valence-corrected chi connectivity index (χ4v) is 5.52. The molecule has 0 aromatic heterocycles. The van der Waals surface area contributed by atoms with Gasteiger partial charge in [-0.2, -0.15) is 0 Å². The number of likely N-dealkylation sites (N-methyl/N-ethyl adjacent to an activating group) is 1. The van der Waals surface area contributed by atoms with Crippen LogP contribution in [0.3, 0.4) is 0 Å². The third kappa shape index (κ3) is 7.89. The largest absolute Gasteiger partial charge is 0.357 e. The molecule has 0 aliphatic rings. The van der Waals surface area contributed by atoms with Crippen molar-refractivity contribution in [3.63, 3.8) is 0 Å². The highest BCUT2D eigenvalue weighted by atomic mass is 35.5. The highest BCUT2D eigenvalue weighted by Gasteiger charge is 2.29. The van der Waals surface area contributed by atoms with Crippen LogP contribution in [0.5, 0.6) is 0 Å². The molecule has 12 heteroatoms. The number of anilines is 1. The third-order valence-electron chi connectivity index (χ3n) is 5.35. The van der Waals surface area contributed by atoms with Crippen molar-refractivity contribution in [3.8, 4) is 0 Å². The molecule has 0 aliphatic carbocycles. The first-order chi connectivity index (χ1) is 16.4. The van der Waals surface area contributed by atoms with Crippen LogP contribution in [0, 0.1) is 0 Å². The number of carbonyl (C=O) groups excluding carboxylic acids is 2. The predicted molar refractivity (Wildman–Crippen MR) is 143 cm³/mol. The topological polar surface area (TPSA) is 86.8 Å². The van der Waals surface area contributed by atoms with E-state index in [2.05, 4.69) is 5.32 Å². The van der Waals surface area contributed by atoms with Crippen molar-refractivity contribution >= 4 is 73.9 Å². The maximum Gasteiger partial charge on any atom is 0.242 e. The number of hydrogen-bond acceptors (Lipinski definition) is 4. The first kappa shape index (κ1) is 29.5. The van der Waals surface area contributed by atoms with Crippen LogP contribution in [0.4, 0.5) is 5.69 Å². The molecule has 0 fully saturated rings. The van der Waals surface area contributed by atoms with Crippen molar-refractivity contribution < 1.29 is 18.0 Å². The Bertz CT molecular complexity index is 1160. The highest BCUT2D eigenvalue weighted by Crippen LogP contribution is 2.31. The molecule has 35 heavy (non-hydrogen) atoms. The molecule has 0 spiro atoms. The van der Waals surface area contributed by atoms with Gasteiger partial charge in [-0.3, -0.25) is 13.9 Å². The molecule has 2 aromatic carbocycles. The van der Waals surface area contributed by atoms with Crippen LogP contribution < -0.4 is 9.62 Å². The van der Waals surface area contributed by atoms with Gasteiger partial charge in [0, 0.05) is 47.2 Å². The summed E-state index contributed by atoms with van der Waals surface area (Å²) in [7, 11) is -2.21. The lowest BCUT2D eigenvalue weighted by Crippen LogP contribution is -2.48. The summed E-state index contributed by atoms with van der Waals surface area (Å²) < 4.78 is 26.0. The van der Waals surface area contributed by atoms with E-state index in [-0.39, 0.29) is 48.5 Å². The van der Waals surface area contributed by atoms with Gasteiger partial charge in [-0.05, 0) is 43.2 Å². The molecule has 0 heterocycles. The molecule has 2 rings (SSSR count). The average Bonchev–Trinajstić information content (AvgIpc) is 2.79. The average molecular weight is 583 g/mol. The predicted octanol–water partition coefficient (Wildman–Crippen LogP) is 5.40. The summed E-state index contributed by atoms with van der Waals surface area (Å²) in [6.45, 7) is 1.81. The van der Waals surface area contributed by atoms with Crippen LogP contribution in [0.25, 0.3) is 0 Å². The summed E-state index contributed by atoms with van der Waals surface area (Å²) >= 11 is 24.9. The van der Waals surface area contributed by atoms with E-state index in [0.717, 1.165) is 10.6 Å². The monoisotopic (exact) mass is 581 g/mol. The molecule has 7 nitrogen and oxygen atoms in total. The Hall–Kier alpha value is -1.71. The van der Waals surface area contributed by atoms with E-state index in [0.29, 0.717) is 27.1 Å². The maximum absolute atomic E-state index is 13.3. The fourth-order valence-electron chi connectivity index (χ4n) is 3.60. The number of hydrogen-bond donors (Lipinski definition) is 1. The first-order valence-electron chi connectivity index (χ1n) is 10.8. The SMILES string of the molecule is CCC(C(=O)NC)N(Cc1c(Cl)cccc1Cl)C(=O)CCCN(c1cc(Cl)ccc1Cl)S(C)(=O)=O. The van der Waals surface area contributed by atoms with Crippen LogP contribution in [-0.4, -0.2) is 51.0 Å². The second-order valence-corrected chi connectivity index (χ2v) is 11.4. The van der Waals surface area contributed by atoms with Gasteiger partial charge < -0.3 is 10.2 Å². The summed E-state index contributed by atoms with van der Waals surface area (Å²) in [5.74, 6) is -0.672. The summed E-state index contributed by atoms with van der Waals surface area (Å²) in [4.78, 5) is 27.3. The Morgan fingerprint density at radius 2 is 1.66 bits per heavy atom. The number of amides is 2. The van der Waals surface area contributed by atoms with Crippen molar-refractivity contribution in [3.05, 3.63) is 62.1 Å². The smallest absolute Gasteiger partial charge is 0.242 e. The van der Waals surface area contributed by atoms with Gasteiger partial charge in [0.25, 0.3) is 0 Å². The Kier molecular flexibility index (Phi) is 11.0. The number of carbonyl (C=O) groups is 2. The normalized spacial score (nSPS) is 12.2. The quantitative estimate of drug-likeness (QED) is 0.384. The van der Waals surface area contributed by atoms with Crippen LogP contribution in [0.15, 0.2) is 36.4 Å². The van der Waals surface area contributed by atoms with Gasteiger partial charge in [0.15, 0.2) is 0 Å². The minimum absolute atomic E-state index is 0.0118. The van der Waals surface area contributed by atoms with Gasteiger partial charge in [0.05, 0.1) is 17.0 Å². The van der Waals surface area contributed by atoms with Crippen LogP contribution in [-0.2, 0) is 26.2 Å². The van der Waals surface area contributed by atoms with Crippen LogP contribution in [0.1, 0.15) is 31.7 Å². The lowest BCUT2D eigenvalue weighted by molar-refractivity contribution is -0.141. The summed E-state index contributed by atoms with van der Waals surface area (Å²) in [5, 5.41) is 3.87.